The SMILES string of the molecule is CC(C)C1=Nc2ccccc2C1.CC(C)c1nc2ccccc2n1-c1ccccc1.CC(C)c1nc2ccccc2n1Cc1ccccc1.CC(C)c1nc2ccccc2o1.CC(C)c1nc2ccccc2s1. The fraction of sp³-hybridized carbons (Fsp3) is 0.266. The maximum atomic E-state index is 5.52. The molecule has 1 aliphatic rings. The predicted octanol–water partition coefficient (Wildman–Crippen LogP) is 17.7. The van der Waals surface area contributed by atoms with Gasteiger partial charge in [-0.15, -0.1) is 11.3 Å². The topological polar surface area (TPSA) is 86.9 Å². The van der Waals surface area contributed by atoms with Gasteiger partial charge in [-0.1, -0.05) is 184 Å². The van der Waals surface area contributed by atoms with Crippen LogP contribution < -0.4 is 0 Å². The molecule has 0 radical (unpaired) electrons. The highest BCUT2D eigenvalue weighted by Crippen LogP contribution is 2.30. The van der Waals surface area contributed by atoms with Crippen molar-refractivity contribution < 1.29 is 4.42 Å². The van der Waals surface area contributed by atoms with Crippen LogP contribution in [0.15, 0.2) is 191 Å². The number of hydrogen-bond acceptors (Lipinski definition) is 7. The van der Waals surface area contributed by atoms with Gasteiger partial charge in [0.05, 0.1) is 43.0 Å². The lowest BCUT2D eigenvalue weighted by atomic mass is 10.0. The number of aromatic nitrogens is 6. The summed E-state index contributed by atoms with van der Waals surface area (Å²) in [6.07, 6.45) is 1.05. The summed E-state index contributed by atoms with van der Waals surface area (Å²) < 4.78 is 11.4. The van der Waals surface area contributed by atoms with E-state index >= 15 is 0 Å². The Morgan fingerprint density at radius 3 is 1.63 bits per heavy atom. The maximum absolute atomic E-state index is 5.52. The van der Waals surface area contributed by atoms with Gasteiger partial charge in [0.1, 0.15) is 17.2 Å². The average Bonchev–Trinajstić information content (AvgIpc) is 4.26. The molecule has 5 heterocycles. The molecule has 0 unspecified atom stereocenters. The average molecular weight is 984 g/mol. The largest absolute Gasteiger partial charge is 0.440 e. The second-order valence-electron chi connectivity index (χ2n) is 19.9. The van der Waals surface area contributed by atoms with E-state index in [1.165, 1.54) is 49.0 Å². The smallest absolute Gasteiger partial charge is 0.198 e. The number of oxazole rings is 1. The van der Waals surface area contributed by atoms with Crippen LogP contribution in [-0.2, 0) is 13.0 Å². The summed E-state index contributed by atoms with van der Waals surface area (Å²) in [5.74, 6) is 5.40. The van der Waals surface area contributed by atoms with Crippen molar-refractivity contribution in [1.29, 1.82) is 0 Å². The van der Waals surface area contributed by atoms with Gasteiger partial charge in [0.25, 0.3) is 0 Å². The number of nitrogens with zero attached hydrogens (tertiary/aromatic N) is 7. The molecule has 8 nitrogen and oxygen atoms in total. The molecule has 73 heavy (non-hydrogen) atoms. The van der Waals surface area contributed by atoms with Crippen LogP contribution in [0.2, 0.25) is 0 Å². The zero-order valence-corrected chi connectivity index (χ0v) is 44.9. The lowest BCUT2D eigenvalue weighted by Crippen LogP contribution is -2.06. The van der Waals surface area contributed by atoms with E-state index in [-0.39, 0.29) is 0 Å². The van der Waals surface area contributed by atoms with Crippen LogP contribution in [0.4, 0.5) is 5.69 Å². The second kappa shape index (κ2) is 24.3. The number of thiazole rings is 1. The minimum Gasteiger partial charge on any atom is -0.440 e. The van der Waals surface area contributed by atoms with Crippen molar-refractivity contribution >= 4 is 66.1 Å². The normalized spacial score (nSPS) is 11.8. The highest BCUT2D eigenvalue weighted by molar-refractivity contribution is 7.18. The van der Waals surface area contributed by atoms with E-state index < -0.39 is 0 Å². The monoisotopic (exact) mass is 984 g/mol. The highest BCUT2D eigenvalue weighted by Gasteiger charge is 2.17. The molecule has 0 bridgehead atoms. The second-order valence-corrected chi connectivity index (χ2v) is 20.9. The molecular formula is C64H69N7OS. The van der Waals surface area contributed by atoms with Crippen LogP contribution in [-0.4, -0.2) is 34.8 Å². The van der Waals surface area contributed by atoms with E-state index in [1.54, 1.807) is 11.3 Å². The molecule has 0 aliphatic carbocycles. The van der Waals surface area contributed by atoms with Gasteiger partial charge in [0.15, 0.2) is 11.5 Å². The van der Waals surface area contributed by atoms with Gasteiger partial charge in [0.2, 0.25) is 0 Å². The van der Waals surface area contributed by atoms with Crippen molar-refractivity contribution in [3.8, 4) is 5.69 Å². The number of imidazole rings is 2. The number of para-hydroxylation sites is 9. The van der Waals surface area contributed by atoms with Crippen molar-refractivity contribution in [2.75, 3.05) is 0 Å². The zero-order chi connectivity index (χ0) is 51.4. The van der Waals surface area contributed by atoms with Gasteiger partial charge in [0, 0.05) is 48.0 Å². The molecule has 9 heteroatoms. The highest BCUT2D eigenvalue weighted by atomic mass is 32.1. The molecule has 1 aliphatic heterocycles. The van der Waals surface area contributed by atoms with Crippen LogP contribution in [0.5, 0.6) is 0 Å². The minimum atomic E-state index is 0.359. The van der Waals surface area contributed by atoms with Gasteiger partial charge >= 0.3 is 0 Å². The number of rotatable bonds is 8. The van der Waals surface area contributed by atoms with Gasteiger partial charge in [-0.05, 0) is 83.8 Å². The van der Waals surface area contributed by atoms with E-state index in [1.807, 2.05) is 54.6 Å². The number of aliphatic imine (C=N–C) groups is 1. The van der Waals surface area contributed by atoms with E-state index in [0.717, 1.165) is 58.2 Å². The number of benzene rings is 7. The predicted molar refractivity (Wildman–Crippen MR) is 308 cm³/mol. The summed E-state index contributed by atoms with van der Waals surface area (Å²) in [5, 5.41) is 1.23. The molecule has 4 aromatic heterocycles. The first-order valence-corrected chi connectivity index (χ1v) is 26.5. The van der Waals surface area contributed by atoms with E-state index in [4.69, 9.17) is 14.4 Å². The van der Waals surface area contributed by atoms with E-state index in [2.05, 4.69) is 221 Å². The molecule has 372 valence electrons. The van der Waals surface area contributed by atoms with Crippen LogP contribution in [0.3, 0.4) is 0 Å². The summed E-state index contributed by atoms with van der Waals surface area (Å²) in [6.45, 7) is 22.5. The first-order chi connectivity index (χ1) is 35.3. The first kappa shape index (κ1) is 51.9. The summed E-state index contributed by atoms with van der Waals surface area (Å²) in [6, 6.07) is 62.1. The summed E-state index contributed by atoms with van der Waals surface area (Å²) in [4.78, 5) is 23.0. The quantitative estimate of drug-likeness (QED) is 0.151. The molecule has 0 atom stereocenters. The number of hydrogen-bond donors (Lipinski definition) is 0. The molecule has 0 spiro atoms. The van der Waals surface area contributed by atoms with E-state index in [0.29, 0.717) is 29.6 Å². The molecule has 0 saturated carbocycles. The summed E-state index contributed by atoms with van der Waals surface area (Å²) >= 11 is 1.79. The fourth-order valence-electron chi connectivity index (χ4n) is 8.51. The third kappa shape index (κ3) is 13.0. The zero-order valence-electron chi connectivity index (χ0n) is 44.1. The molecule has 0 saturated heterocycles. The Balaban J connectivity index is 0.000000124. The van der Waals surface area contributed by atoms with Crippen molar-refractivity contribution in [1.82, 2.24) is 29.1 Å². The third-order valence-electron chi connectivity index (χ3n) is 12.4. The molecule has 7 aromatic carbocycles. The van der Waals surface area contributed by atoms with Crippen LogP contribution >= 0.6 is 11.3 Å². The minimum absolute atomic E-state index is 0.359. The van der Waals surface area contributed by atoms with Crippen LogP contribution in [0.25, 0.3) is 49.1 Å². The van der Waals surface area contributed by atoms with Gasteiger partial charge < -0.3 is 8.98 Å². The molecular weight excluding hydrogens is 915 g/mol. The Morgan fingerprint density at radius 2 is 1.01 bits per heavy atom. The van der Waals surface area contributed by atoms with Crippen molar-refractivity contribution in [2.45, 2.75) is 106 Å². The third-order valence-corrected chi connectivity index (χ3v) is 13.7. The molecule has 11 aromatic rings. The Morgan fingerprint density at radius 1 is 0.466 bits per heavy atom. The number of fused-ring (bicyclic) bond motifs is 5. The molecule has 0 fully saturated rings. The Labute approximate surface area is 435 Å². The maximum Gasteiger partial charge on any atom is 0.198 e. The molecule has 0 N–H and O–H groups in total. The van der Waals surface area contributed by atoms with Crippen LogP contribution in [0.1, 0.15) is 127 Å². The van der Waals surface area contributed by atoms with Crippen LogP contribution in [0, 0.1) is 5.92 Å². The lowest BCUT2D eigenvalue weighted by molar-refractivity contribution is 0.501. The van der Waals surface area contributed by atoms with Crippen molar-refractivity contribution in [2.24, 2.45) is 10.9 Å². The van der Waals surface area contributed by atoms with Crippen molar-refractivity contribution in [3.63, 3.8) is 0 Å². The van der Waals surface area contributed by atoms with Crippen molar-refractivity contribution in [3.05, 3.63) is 216 Å². The summed E-state index contributed by atoms with van der Waals surface area (Å²) in [7, 11) is 0. The Bertz CT molecular complexity index is 3380. The first-order valence-electron chi connectivity index (χ1n) is 25.7. The Kier molecular flexibility index (Phi) is 17.3. The summed E-state index contributed by atoms with van der Waals surface area (Å²) in [5.41, 5.74) is 13.8. The Hall–Kier alpha value is -7.49. The van der Waals surface area contributed by atoms with Gasteiger partial charge in [-0.25, -0.2) is 19.9 Å². The lowest BCUT2D eigenvalue weighted by Gasteiger charge is -2.11. The standard InChI is InChI=1S/C17H18N2.C16H16N2.C11H13N.C10H11NO.C10H11NS/c1-13(2)17-18-15-10-6-7-11-16(15)19(17)12-14-8-4-3-5-9-14;1-12(2)16-17-14-10-6-7-11-15(14)18(16)13-8-4-3-5-9-13;1-8(2)11-7-9-5-3-4-6-10(9)12-11;2*1-7(2)10-11-8-5-3-4-6-9(8)12-10/h3-11,13H,12H2,1-2H3;3-12H,1-2H3;3-6,8H,7H2,1-2H3;2*3-7H,1-2H3. The van der Waals surface area contributed by atoms with Gasteiger partial charge in [-0.2, -0.15) is 0 Å². The molecule has 12 rings (SSSR count). The molecule has 0 amide bonds. The fourth-order valence-corrected chi connectivity index (χ4v) is 9.48. The van der Waals surface area contributed by atoms with Gasteiger partial charge in [-0.3, -0.25) is 9.56 Å². The van der Waals surface area contributed by atoms with E-state index in [9.17, 15) is 0 Å².